The lowest BCUT2D eigenvalue weighted by Crippen LogP contribution is -2.03. The molecule has 0 radical (unpaired) electrons. The van der Waals surface area contributed by atoms with Crippen molar-refractivity contribution in [2.45, 2.75) is 19.4 Å². The first kappa shape index (κ1) is 12.6. The highest BCUT2D eigenvalue weighted by Crippen LogP contribution is 2.11. The van der Waals surface area contributed by atoms with Gasteiger partial charge in [-0.25, -0.2) is 13.5 Å². The van der Waals surface area contributed by atoms with Crippen LogP contribution in [0.4, 0.5) is 8.78 Å². The number of benzene rings is 1. The number of aliphatic hydroxyl groups is 1. The standard InChI is InChI=1S/C12H13F2N3O/c13-10-3-4-12(14)9(6-10)7-17-8-11(15-16-17)2-1-5-18/h3-4,6,8,18H,1-2,5,7H2. The molecule has 96 valence electrons. The van der Waals surface area contributed by atoms with E-state index >= 15 is 0 Å². The number of nitrogens with zero attached hydrogens (tertiary/aromatic N) is 3. The van der Waals surface area contributed by atoms with E-state index in [2.05, 4.69) is 10.3 Å². The topological polar surface area (TPSA) is 50.9 Å². The van der Waals surface area contributed by atoms with Crippen molar-refractivity contribution >= 4 is 0 Å². The zero-order chi connectivity index (χ0) is 13.0. The van der Waals surface area contributed by atoms with Gasteiger partial charge < -0.3 is 5.11 Å². The fourth-order valence-corrected chi connectivity index (χ4v) is 1.63. The Kier molecular flexibility index (Phi) is 3.99. The third kappa shape index (κ3) is 3.10. The summed E-state index contributed by atoms with van der Waals surface area (Å²) in [7, 11) is 0. The van der Waals surface area contributed by atoms with Crippen molar-refractivity contribution in [1.29, 1.82) is 0 Å². The largest absolute Gasteiger partial charge is 0.396 e. The Balaban J connectivity index is 2.08. The summed E-state index contributed by atoms with van der Waals surface area (Å²) in [5.41, 5.74) is 0.953. The third-order valence-corrected chi connectivity index (χ3v) is 2.52. The van der Waals surface area contributed by atoms with Gasteiger partial charge in [-0.15, -0.1) is 5.10 Å². The Morgan fingerprint density at radius 2 is 2.11 bits per heavy atom. The second-order valence-electron chi connectivity index (χ2n) is 3.97. The Bertz CT molecular complexity index is 528. The van der Waals surface area contributed by atoms with Crippen LogP contribution in [0, 0.1) is 11.6 Å². The molecule has 1 N–H and O–H groups in total. The van der Waals surface area contributed by atoms with Crippen LogP contribution in [0.5, 0.6) is 0 Å². The molecule has 2 rings (SSSR count). The molecule has 4 nitrogen and oxygen atoms in total. The normalized spacial score (nSPS) is 10.8. The van der Waals surface area contributed by atoms with E-state index in [1.807, 2.05) is 0 Å². The molecule has 0 aliphatic rings. The van der Waals surface area contributed by atoms with Crippen molar-refractivity contribution in [2.75, 3.05) is 6.61 Å². The highest BCUT2D eigenvalue weighted by Gasteiger charge is 2.06. The van der Waals surface area contributed by atoms with Crippen molar-refractivity contribution in [3.8, 4) is 0 Å². The predicted molar refractivity (Wildman–Crippen MR) is 60.9 cm³/mol. The van der Waals surface area contributed by atoms with Gasteiger partial charge in [-0.05, 0) is 31.0 Å². The molecule has 1 aromatic carbocycles. The van der Waals surface area contributed by atoms with Gasteiger partial charge in [0.15, 0.2) is 0 Å². The average Bonchev–Trinajstić information content (AvgIpc) is 2.79. The SMILES string of the molecule is OCCCc1cn(Cc2cc(F)ccc2F)nn1. The van der Waals surface area contributed by atoms with Crippen molar-refractivity contribution in [1.82, 2.24) is 15.0 Å². The van der Waals surface area contributed by atoms with Crippen LogP contribution in [0.2, 0.25) is 0 Å². The van der Waals surface area contributed by atoms with Gasteiger partial charge in [-0.1, -0.05) is 5.21 Å². The maximum absolute atomic E-state index is 13.4. The van der Waals surface area contributed by atoms with Crippen LogP contribution >= 0.6 is 0 Å². The lowest BCUT2D eigenvalue weighted by Gasteiger charge is -2.02. The number of aliphatic hydroxyl groups excluding tert-OH is 1. The van der Waals surface area contributed by atoms with E-state index in [4.69, 9.17) is 5.11 Å². The Morgan fingerprint density at radius 3 is 2.89 bits per heavy atom. The Morgan fingerprint density at radius 1 is 1.28 bits per heavy atom. The summed E-state index contributed by atoms with van der Waals surface area (Å²) >= 11 is 0. The average molecular weight is 253 g/mol. The molecule has 0 aliphatic heterocycles. The maximum Gasteiger partial charge on any atom is 0.128 e. The summed E-state index contributed by atoms with van der Waals surface area (Å²) in [5, 5.41) is 16.4. The van der Waals surface area contributed by atoms with Gasteiger partial charge in [0.2, 0.25) is 0 Å². The predicted octanol–water partition coefficient (Wildman–Crippen LogP) is 1.53. The van der Waals surface area contributed by atoms with E-state index in [1.54, 1.807) is 6.20 Å². The summed E-state index contributed by atoms with van der Waals surface area (Å²) in [6, 6.07) is 3.31. The molecule has 0 amide bonds. The van der Waals surface area contributed by atoms with Crippen LogP contribution in [-0.2, 0) is 13.0 Å². The van der Waals surface area contributed by atoms with Crippen LogP contribution in [0.1, 0.15) is 17.7 Å². The molecule has 0 fully saturated rings. The molecule has 0 saturated carbocycles. The second kappa shape index (κ2) is 5.68. The minimum atomic E-state index is -0.480. The summed E-state index contributed by atoms with van der Waals surface area (Å²) in [4.78, 5) is 0. The first-order chi connectivity index (χ1) is 8.69. The molecule has 2 aromatic rings. The third-order valence-electron chi connectivity index (χ3n) is 2.52. The molecule has 6 heteroatoms. The van der Waals surface area contributed by atoms with E-state index in [1.165, 1.54) is 4.68 Å². The molecule has 0 bridgehead atoms. The van der Waals surface area contributed by atoms with Gasteiger partial charge in [0.05, 0.1) is 12.2 Å². The minimum absolute atomic E-state index is 0.0887. The fourth-order valence-electron chi connectivity index (χ4n) is 1.63. The molecule has 1 aromatic heterocycles. The zero-order valence-corrected chi connectivity index (χ0v) is 9.68. The van der Waals surface area contributed by atoms with Crippen molar-refractivity contribution in [3.63, 3.8) is 0 Å². The summed E-state index contributed by atoms with van der Waals surface area (Å²) < 4.78 is 27.8. The zero-order valence-electron chi connectivity index (χ0n) is 9.68. The van der Waals surface area contributed by atoms with Gasteiger partial charge in [0.1, 0.15) is 11.6 Å². The van der Waals surface area contributed by atoms with Crippen LogP contribution < -0.4 is 0 Å². The van der Waals surface area contributed by atoms with Crippen molar-refractivity contribution in [2.24, 2.45) is 0 Å². The molecule has 0 spiro atoms. The summed E-state index contributed by atoms with van der Waals surface area (Å²) in [6.45, 7) is 0.223. The molecular formula is C12H13F2N3O. The van der Waals surface area contributed by atoms with E-state index < -0.39 is 11.6 Å². The van der Waals surface area contributed by atoms with E-state index in [0.29, 0.717) is 12.8 Å². The van der Waals surface area contributed by atoms with Crippen molar-refractivity contribution in [3.05, 3.63) is 47.3 Å². The van der Waals surface area contributed by atoms with Crippen molar-refractivity contribution < 1.29 is 13.9 Å². The highest BCUT2D eigenvalue weighted by molar-refractivity contribution is 5.18. The first-order valence-corrected chi connectivity index (χ1v) is 5.63. The van der Waals surface area contributed by atoms with Crippen LogP contribution in [-0.4, -0.2) is 26.7 Å². The molecular weight excluding hydrogens is 240 g/mol. The lowest BCUT2D eigenvalue weighted by atomic mass is 10.2. The van der Waals surface area contributed by atoms with Gasteiger partial charge in [0, 0.05) is 18.4 Å². The number of aryl methyl sites for hydroxylation is 1. The number of hydrogen-bond donors (Lipinski definition) is 1. The van der Waals surface area contributed by atoms with Crippen LogP contribution in [0.25, 0.3) is 0 Å². The fraction of sp³-hybridized carbons (Fsp3) is 0.333. The molecule has 0 aliphatic carbocycles. The van der Waals surface area contributed by atoms with Gasteiger partial charge >= 0.3 is 0 Å². The smallest absolute Gasteiger partial charge is 0.128 e. The van der Waals surface area contributed by atoms with Gasteiger partial charge in [0.25, 0.3) is 0 Å². The summed E-state index contributed by atoms with van der Waals surface area (Å²) in [6.07, 6.45) is 2.88. The first-order valence-electron chi connectivity index (χ1n) is 5.63. The maximum atomic E-state index is 13.4. The van der Waals surface area contributed by atoms with Gasteiger partial charge in [-0.2, -0.15) is 0 Å². The quantitative estimate of drug-likeness (QED) is 0.879. The number of rotatable bonds is 5. The highest BCUT2D eigenvalue weighted by atomic mass is 19.1. The number of halogens is 2. The molecule has 0 saturated heterocycles. The minimum Gasteiger partial charge on any atom is -0.396 e. The van der Waals surface area contributed by atoms with Gasteiger partial charge in [-0.3, -0.25) is 0 Å². The molecule has 0 atom stereocenters. The molecule has 0 unspecified atom stereocenters. The summed E-state index contributed by atoms with van der Waals surface area (Å²) in [5.74, 6) is -0.948. The number of aromatic nitrogens is 3. The molecule has 1 heterocycles. The van der Waals surface area contributed by atoms with E-state index in [0.717, 1.165) is 23.9 Å². The lowest BCUT2D eigenvalue weighted by molar-refractivity contribution is 0.288. The van der Waals surface area contributed by atoms with Crippen LogP contribution in [0.3, 0.4) is 0 Å². The Labute approximate surface area is 103 Å². The van der Waals surface area contributed by atoms with E-state index in [9.17, 15) is 8.78 Å². The Hall–Kier alpha value is -1.82. The number of hydrogen-bond acceptors (Lipinski definition) is 3. The monoisotopic (exact) mass is 253 g/mol. The van der Waals surface area contributed by atoms with E-state index in [-0.39, 0.29) is 18.7 Å². The second-order valence-corrected chi connectivity index (χ2v) is 3.97. The molecule has 18 heavy (non-hydrogen) atoms. The van der Waals surface area contributed by atoms with Crippen LogP contribution in [0.15, 0.2) is 24.4 Å².